The average molecular weight is 379 g/mol. The molecule has 1 amide bonds. The van der Waals surface area contributed by atoms with E-state index in [2.05, 4.69) is 21.9 Å². The fourth-order valence-corrected chi connectivity index (χ4v) is 3.26. The van der Waals surface area contributed by atoms with Crippen LogP contribution in [0.5, 0.6) is 0 Å². The number of anilines is 1. The molecule has 6 nitrogen and oxygen atoms in total. The van der Waals surface area contributed by atoms with Gasteiger partial charge in [0.05, 0.1) is 22.2 Å². The summed E-state index contributed by atoms with van der Waals surface area (Å²) in [5.41, 5.74) is 0.422. The fraction of sp³-hybridized carbons (Fsp3) is 0.118. The second kappa shape index (κ2) is 8.53. The van der Waals surface area contributed by atoms with Gasteiger partial charge in [0, 0.05) is 5.56 Å². The van der Waals surface area contributed by atoms with Crippen LogP contribution in [0.15, 0.2) is 53.4 Å². The van der Waals surface area contributed by atoms with Gasteiger partial charge in [0.15, 0.2) is 0 Å². The molecule has 0 aromatic heterocycles. The molecule has 0 radical (unpaired) electrons. The molecule has 0 aliphatic carbocycles. The lowest BCUT2D eigenvalue weighted by Gasteiger charge is -2.10. The van der Waals surface area contributed by atoms with Crippen LogP contribution in [0.3, 0.4) is 0 Å². The van der Waals surface area contributed by atoms with Crippen LogP contribution in [0.2, 0.25) is 5.02 Å². The maximum atomic E-state index is 12.5. The van der Waals surface area contributed by atoms with E-state index in [1.165, 1.54) is 30.3 Å². The number of benzene rings is 2. The van der Waals surface area contributed by atoms with Crippen molar-refractivity contribution in [3.05, 3.63) is 59.1 Å². The van der Waals surface area contributed by atoms with Crippen LogP contribution in [-0.2, 0) is 10.0 Å². The third-order valence-corrected chi connectivity index (χ3v) is 4.76. The summed E-state index contributed by atoms with van der Waals surface area (Å²) in [5, 5.41) is 11.3. The van der Waals surface area contributed by atoms with Crippen molar-refractivity contribution in [2.45, 2.75) is 4.90 Å². The molecule has 2 aromatic rings. The minimum absolute atomic E-state index is 0.0498. The van der Waals surface area contributed by atoms with Gasteiger partial charge in [-0.15, -0.1) is 0 Å². The second-order valence-corrected chi connectivity index (χ2v) is 6.90. The van der Waals surface area contributed by atoms with Gasteiger partial charge in [0.2, 0.25) is 0 Å². The Bertz CT molecular complexity index is 933. The summed E-state index contributed by atoms with van der Waals surface area (Å²) in [6.45, 7) is -0.244. The molecule has 0 saturated heterocycles. The Labute approximate surface area is 150 Å². The van der Waals surface area contributed by atoms with E-state index >= 15 is 0 Å². The van der Waals surface area contributed by atoms with Crippen molar-refractivity contribution in [2.24, 2.45) is 0 Å². The van der Waals surface area contributed by atoms with Crippen molar-refractivity contribution in [1.29, 1.82) is 0 Å². The number of sulfonamides is 1. The van der Waals surface area contributed by atoms with Crippen molar-refractivity contribution in [2.75, 3.05) is 17.9 Å². The highest BCUT2D eigenvalue weighted by molar-refractivity contribution is 7.92. The van der Waals surface area contributed by atoms with Gasteiger partial charge in [0.25, 0.3) is 15.9 Å². The first kappa shape index (κ1) is 18.8. The molecule has 0 saturated carbocycles. The summed E-state index contributed by atoms with van der Waals surface area (Å²) in [7, 11) is -3.90. The molecule has 0 bridgehead atoms. The highest BCUT2D eigenvalue weighted by Gasteiger charge is 2.17. The molecule has 2 rings (SSSR count). The second-order valence-electron chi connectivity index (χ2n) is 4.81. The molecular formula is C17H15ClN2O4S. The number of para-hydroxylation sites is 1. The summed E-state index contributed by atoms with van der Waals surface area (Å²) in [4.78, 5) is 12.0. The number of hydrogen-bond acceptors (Lipinski definition) is 4. The number of carbonyl (C=O) groups excluding carboxylic acids is 1. The minimum atomic E-state index is -3.90. The molecule has 2 aromatic carbocycles. The number of hydrogen-bond donors (Lipinski definition) is 3. The van der Waals surface area contributed by atoms with E-state index in [-0.39, 0.29) is 34.3 Å². The zero-order valence-electron chi connectivity index (χ0n) is 13.0. The Morgan fingerprint density at radius 3 is 2.60 bits per heavy atom. The van der Waals surface area contributed by atoms with E-state index in [1.807, 2.05) is 0 Å². The predicted molar refractivity (Wildman–Crippen MR) is 95.9 cm³/mol. The van der Waals surface area contributed by atoms with Gasteiger partial charge in [-0.25, -0.2) is 8.42 Å². The normalized spacial score (nSPS) is 10.5. The van der Waals surface area contributed by atoms with E-state index in [9.17, 15) is 13.2 Å². The third kappa shape index (κ3) is 5.22. The lowest BCUT2D eigenvalue weighted by Crippen LogP contribution is -2.24. The monoisotopic (exact) mass is 378 g/mol. The molecule has 25 heavy (non-hydrogen) atoms. The largest absolute Gasteiger partial charge is 0.384 e. The molecule has 0 aliphatic heterocycles. The molecular weight excluding hydrogens is 364 g/mol. The van der Waals surface area contributed by atoms with Gasteiger partial charge in [-0.3, -0.25) is 9.52 Å². The first-order valence-electron chi connectivity index (χ1n) is 7.16. The predicted octanol–water partition coefficient (Wildman–Crippen LogP) is 1.87. The smallest absolute Gasteiger partial charge is 0.261 e. The van der Waals surface area contributed by atoms with Crippen LogP contribution in [0.4, 0.5) is 5.69 Å². The van der Waals surface area contributed by atoms with Crippen LogP contribution in [0.25, 0.3) is 0 Å². The number of carbonyl (C=O) groups is 1. The number of halogens is 1. The number of aliphatic hydroxyl groups is 1. The van der Waals surface area contributed by atoms with Crippen molar-refractivity contribution >= 4 is 33.2 Å². The zero-order chi connectivity index (χ0) is 18.3. The van der Waals surface area contributed by atoms with Crippen LogP contribution in [0, 0.1) is 11.8 Å². The maximum Gasteiger partial charge on any atom is 0.261 e. The number of aliphatic hydroxyl groups excluding tert-OH is 1. The van der Waals surface area contributed by atoms with Gasteiger partial charge in [0.1, 0.15) is 6.61 Å². The zero-order valence-corrected chi connectivity index (χ0v) is 14.6. The lowest BCUT2D eigenvalue weighted by atomic mass is 10.2. The van der Waals surface area contributed by atoms with Crippen molar-refractivity contribution in [3.8, 4) is 11.8 Å². The third-order valence-electron chi connectivity index (χ3n) is 3.07. The van der Waals surface area contributed by atoms with E-state index in [0.717, 1.165) is 0 Å². The Kier molecular flexibility index (Phi) is 6.42. The van der Waals surface area contributed by atoms with Gasteiger partial charge in [-0.05, 0) is 30.3 Å². The SMILES string of the molecule is O=C(NCC#CCO)c1cccc(S(=O)(=O)Nc2ccccc2Cl)c1. The quantitative estimate of drug-likeness (QED) is 0.692. The molecule has 0 fully saturated rings. The van der Waals surface area contributed by atoms with E-state index < -0.39 is 15.9 Å². The first-order chi connectivity index (χ1) is 11.9. The van der Waals surface area contributed by atoms with Gasteiger partial charge in [-0.2, -0.15) is 0 Å². The molecule has 0 atom stereocenters. The number of nitrogens with one attached hydrogen (secondary N) is 2. The summed E-state index contributed by atoms with van der Waals surface area (Å²) < 4.78 is 27.3. The number of rotatable bonds is 5. The van der Waals surface area contributed by atoms with Gasteiger partial charge < -0.3 is 10.4 Å². The average Bonchev–Trinajstić information content (AvgIpc) is 2.60. The Hall–Kier alpha value is -2.53. The molecule has 8 heteroatoms. The number of amides is 1. The molecule has 3 N–H and O–H groups in total. The van der Waals surface area contributed by atoms with E-state index in [0.29, 0.717) is 0 Å². The minimum Gasteiger partial charge on any atom is -0.384 e. The first-order valence-corrected chi connectivity index (χ1v) is 9.02. The van der Waals surface area contributed by atoms with Crippen molar-refractivity contribution in [1.82, 2.24) is 5.32 Å². The van der Waals surface area contributed by atoms with Crippen LogP contribution in [0.1, 0.15) is 10.4 Å². The van der Waals surface area contributed by atoms with Crippen LogP contribution in [-0.4, -0.2) is 32.6 Å². The Morgan fingerprint density at radius 1 is 1.12 bits per heavy atom. The van der Waals surface area contributed by atoms with Crippen molar-refractivity contribution < 1.29 is 18.3 Å². The van der Waals surface area contributed by atoms with E-state index in [4.69, 9.17) is 16.7 Å². The molecule has 0 aliphatic rings. The topological polar surface area (TPSA) is 95.5 Å². The van der Waals surface area contributed by atoms with Gasteiger partial charge in [-0.1, -0.05) is 41.6 Å². The summed E-state index contributed by atoms with van der Waals surface area (Å²) in [6, 6.07) is 12.0. The lowest BCUT2D eigenvalue weighted by molar-refractivity contribution is 0.0958. The highest BCUT2D eigenvalue weighted by Crippen LogP contribution is 2.24. The molecule has 130 valence electrons. The molecule has 0 spiro atoms. The standard InChI is InChI=1S/C17H15ClN2O4S/c18-15-8-1-2-9-16(15)20-25(23,24)14-7-5-6-13(12-14)17(22)19-10-3-4-11-21/h1-2,5-9,12,20-21H,10-11H2,(H,19,22). The molecule has 0 heterocycles. The highest BCUT2D eigenvalue weighted by atomic mass is 35.5. The maximum absolute atomic E-state index is 12.5. The Morgan fingerprint density at radius 2 is 1.88 bits per heavy atom. The summed E-state index contributed by atoms with van der Waals surface area (Å²) in [5.74, 6) is 4.47. The fourth-order valence-electron chi connectivity index (χ4n) is 1.90. The summed E-state index contributed by atoms with van der Waals surface area (Å²) in [6.07, 6.45) is 0. The van der Waals surface area contributed by atoms with Crippen LogP contribution >= 0.6 is 11.6 Å². The van der Waals surface area contributed by atoms with E-state index in [1.54, 1.807) is 18.2 Å². The van der Waals surface area contributed by atoms with Crippen molar-refractivity contribution in [3.63, 3.8) is 0 Å². The Balaban J connectivity index is 2.19. The van der Waals surface area contributed by atoms with Gasteiger partial charge >= 0.3 is 0 Å². The van der Waals surface area contributed by atoms with Crippen LogP contribution < -0.4 is 10.0 Å². The summed E-state index contributed by atoms with van der Waals surface area (Å²) >= 11 is 5.96. The molecule has 0 unspecified atom stereocenters.